The SMILES string of the molecule is COc1ccc(OC)c(C(C)NC(=O)COC(=O)Cc2cc(OC)c(OC)c(OC)c2)c1. The molecule has 9 nitrogen and oxygen atoms in total. The topological polar surface area (TPSA) is 102 Å². The van der Waals surface area contributed by atoms with Crippen LogP contribution in [-0.2, 0) is 20.7 Å². The molecule has 1 unspecified atom stereocenters. The van der Waals surface area contributed by atoms with Crippen molar-refractivity contribution in [3.05, 3.63) is 41.5 Å². The third kappa shape index (κ3) is 6.19. The lowest BCUT2D eigenvalue weighted by Crippen LogP contribution is -2.31. The number of amides is 1. The van der Waals surface area contributed by atoms with Crippen LogP contribution in [0.4, 0.5) is 0 Å². The Bertz CT molecular complexity index is 919. The number of ether oxygens (including phenoxy) is 6. The van der Waals surface area contributed by atoms with Crippen molar-refractivity contribution < 1.29 is 38.0 Å². The molecule has 0 aliphatic heterocycles. The van der Waals surface area contributed by atoms with Gasteiger partial charge in [0.15, 0.2) is 18.1 Å². The number of rotatable bonds is 11. The number of nitrogens with one attached hydrogen (secondary N) is 1. The number of hydrogen-bond donors (Lipinski definition) is 1. The van der Waals surface area contributed by atoms with Crippen LogP contribution in [0.15, 0.2) is 30.3 Å². The van der Waals surface area contributed by atoms with E-state index in [1.165, 1.54) is 21.3 Å². The molecule has 2 aromatic carbocycles. The predicted octanol–water partition coefficient (Wildman–Crippen LogP) is 2.69. The van der Waals surface area contributed by atoms with Crippen molar-refractivity contribution in [1.29, 1.82) is 0 Å². The predicted molar refractivity (Wildman–Crippen MR) is 117 cm³/mol. The molecule has 32 heavy (non-hydrogen) atoms. The molecule has 0 aliphatic rings. The monoisotopic (exact) mass is 447 g/mol. The second kappa shape index (κ2) is 11.7. The van der Waals surface area contributed by atoms with E-state index in [1.807, 2.05) is 0 Å². The standard InChI is InChI=1S/C23H29NO8/c1-14(17-12-16(27-2)7-8-18(17)28-3)24-21(25)13-32-22(26)11-15-9-19(29-4)23(31-6)20(10-15)30-5/h7-10,12,14H,11,13H2,1-6H3,(H,24,25). The van der Waals surface area contributed by atoms with Crippen LogP contribution in [0.5, 0.6) is 28.7 Å². The summed E-state index contributed by atoms with van der Waals surface area (Å²) in [5.74, 6) is 1.51. The number of carbonyl (C=O) groups excluding carboxylic acids is 2. The molecule has 0 spiro atoms. The molecule has 9 heteroatoms. The lowest BCUT2D eigenvalue weighted by molar-refractivity contribution is -0.148. The zero-order chi connectivity index (χ0) is 23.7. The van der Waals surface area contributed by atoms with Gasteiger partial charge in [0.05, 0.1) is 48.0 Å². The van der Waals surface area contributed by atoms with E-state index in [-0.39, 0.29) is 12.5 Å². The first kappa shape index (κ1) is 24.6. The molecule has 1 atom stereocenters. The minimum absolute atomic E-state index is 0.0662. The molecule has 0 saturated heterocycles. The molecule has 2 rings (SSSR count). The van der Waals surface area contributed by atoms with Crippen LogP contribution >= 0.6 is 0 Å². The molecule has 0 saturated carbocycles. The number of esters is 1. The van der Waals surface area contributed by atoms with Gasteiger partial charge in [0.25, 0.3) is 5.91 Å². The molecule has 2 aromatic rings. The van der Waals surface area contributed by atoms with Gasteiger partial charge in [-0.3, -0.25) is 9.59 Å². The largest absolute Gasteiger partial charge is 0.497 e. The minimum atomic E-state index is -0.568. The van der Waals surface area contributed by atoms with Crippen LogP contribution in [0, 0.1) is 0 Å². The van der Waals surface area contributed by atoms with E-state index in [0.717, 1.165) is 5.56 Å². The summed E-state index contributed by atoms with van der Waals surface area (Å²) in [6, 6.07) is 8.22. The van der Waals surface area contributed by atoms with Gasteiger partial charge in [0.2, 0.25) is 5.75 Å². The van der Waals surface area contributed by atoms with E-state index >= 15 is 0 Å². The maximum Gasteiger partial charge on any atom is 0.310 e. The summed E-state index contributed by atoms with van der Waals surface area (Å²) in [4.78, 5) is 24.6. The van der Waals surface area contributed by atoms with Crippen LogP contribution in [0.3, 0.4) is 0 Å². The van der Waals surface area contributed by atoms with Crippen LogP contribution in [0.1, 0.15) is 24.1 Å². The van der Waals surface area contributed by atoms with Gasteiger partial charge in [-0.1, -0.05) is 0 Å². The van der Waals surface area contributed by atoms with Gasteiger partial charge < -0.3 is 33.7 Å². The summed E-state index contributed by atoms with van der Waals surface area (Å²) in [7, 11) is 7.58. The van der Waals surface area contributed by atoms with Gasteiger partial charge in [-0.15, -0.1) is 0 Å². The van der Waals surface area contributed by atoms with Gasteiger partial charge in [-0.25, -0.2) is 0 Å². The Kier molecular flexibility index (Phi) is 9.00. The van der Waals surface area contributed by atoms with Crippen molar-refractivity contribution in [1.82, 2.24) is 5.32 Å². The summed E-state index contributed by atoms with van der Waals surface area (Å²) in [6.07, 6.45) is -0.0662. The van der Waals surface area contributed by atoms with E-state index in [4.69, 9.17) is 28.4 Å². The average Bonchev–Trinajstić information content (AvgIpc) is 2.81. The van der Waals surface area contributed by atoms with Crippen LogP contribution in [-0.4, -0.2) is 54.0 Å². The molecule has 0 aromatic heterocycles. The highest BCUT2D eigenvalue weighted by atomic mass is 16.5. The fourth-order valence-electron chi connectivity index (χ4n) is 3.14. The summed E-state index contributed by atoms with van der Waals surface area (Å²) in [6.45, 7) is 1.38. The average molecular weight is 447 g/mol. The molecule has 0 fully saturated rings. The third-order valence-corrected chi connectivity index (χ3v) is 4.72. The number of carbonyl (C=O) groups is 2. The highest BCUT2D eigenvalue weighted by molar-refractivity contribution is 5.81. The summed E-state index contributed by atoms with van der Waals surface area (Å²) in [5.41, 5.74) is 1.34. The van der Waals surface area contributed by atoms with E-state index in [0.29, 0.717) is 34.3 Å². The maximum atomic E-state index is 12.3. The zero-order valence-electron chi connectivity index (χ0n) is 19.1. The van der Waals surface area contributed by atoms with Crippen molar-refractivity contribution in [2.45, 2.75) is 19.4 Å². The van der Waals surface area contributed by atoms with Gasteiger partial charge in [-0.05, 0) is 42.8 Å². The number of benzene rings is 2. The van der Waals surface area contributed by atoms with Crippen LogP contribution in [0.25, 0.3) is 0 Å². The Morgan fingerprint density at radius 2 is 1.47 bits per heavy atom. The fourth-order valence-corrected chi connectivity index (χ4v) is 3.14. The quantitative estimate of drug-likeness (QED) is 0.525. The molecule has 1 amide bonds. The normalized spacial score (nSPS) is 11.2. The molecule has 0 aliphatic carbocycles. The minimum Gasteiger partial charge on any atom is -0.497 e. The van der Waals surface area contributed by atoms with E-state index in [9.17, 15) is 9.59 Å². The van der Waals surface area contributed by atoms with Gasteiger partial charge in [0, 0.05) is 5.56 Å². The summed E-state index contributed by atoms with van der Waals surface area (Å²) < 4.78 is 31.5. The smallest absolute Gasteiger partial charge is 0.310 e. The van der Waals surface area contributed by atoms with Crippen LogP contribution < -0.4 is 29.0 Å². The van der Waals surface area contributed by atoms with E-state index in [1.54, 1.807) is 51.5 Å². The molecule has 1 N–H and O–H groups in total. The molecule has 174 valence electrons. The maximum absolute atomic E-state index is 12.3. The lowest BCUT2D eigenvalue weighted by Gasteiger charge is -2.18. The Morgan fingerprint density at radius 3 is 2.00 bits per heavy atom. The number of methoxy groups -OCH3 is 5. The van der Waals surface area contributed by atoms with Crippen molar-refractivity contribution in [2.75, 3.05) is 42.2 Å². The van der Waals surface area contributed by atoms with Crippen LogP contribution in [0.2, 0.25) is 0 Å². The fraction of sp³-hybridized carbons (Fsp3) is 0.391. The van der Waals surface area contributed by atoms with Crippen molar-refractivity contribution in [2.24, 2.45) is 0 Å². The van der Waals surface area contributed by atoms with E-state index < -0.39 is 18.5 Å². The lowest BCUT2D eigenvalue weighted by atomic mass is 10.1. The summed E-state index contributed by atoms with van der Waals surface area (Å²) >= 11 is 0. The first-order valence-electron chi connectivity index (χ1n) is 9.82. The molecular formula is C23H29NO8. The first-order valence-corrected chi connectivity index (χ1v) is 9.82. The molecule has 0 heterocycles. The van der Waals surface area contributed by atoms with Gasteiger partial charge >= 0.3 is 5.97 Å². The van der Waals surface area contributed by atoms with E-state index in [2.05, 4.69) is 5.32 Å². The van der Waals surface area contributed by atoms with Crippen molar-refractivity contribution >= 4 is 11.9 Å². The third-order valence-electron chi connectivity index (χ3n) is 4.72. The highest BCUT2D eigenvalue weighted by Crippen LogP contribution is 2.38. The second-order valence-electron chi connectivity index (χ2n) is 6.77. The Hall–Kier alpha value is -3.62. The van der Waals surface area contributed by atoms with Crippen molar-refractivity contribution in [3.63, 3.8) is 0 Å². The zero-order valence-corrected chi connectivity index (χ0v) is 19.1. The first-order chi connectivity index (χ1) is 15.4. The Balaban J connectivity index is 1.97. The second-order valence-corrected chi connectivity index (χ2v) is 6.77. The number of hydrogen-bond acceptors (Lipinski definition) is 8. The Morgan fingerprint density at radius 1 is 0.844 bits per heavy atom. The van der Waals surface area contributed by atoms with Gasteiger partial charge in [0.1, 0.15) is 11.5 Å². The molecular weight excluding hydrogens is 418 g/mol. The highest BCUT2D eigenvalue weighted by Gasteiger charge is 2.18. The Labute approximate surface area is 187 Å². The molecule has 0 radical (unpaired) electrons. The van der Waals surface area contributed by atoms with Gasteiger partial charge in [-0.2, -0.15) is 0 Å². The van der Waals surface area contributed by atoms with Crippen molar-refractivity contribution in [3.8, 4) is 28.7 Å². The molecule has 0 bridgehead atoms. The summed E-state index contributed by atoms with van der Waals surface area (Å²) in [5, 5.41) is 2.78.